The number of carbonyl (C=O) groups is 2. The van der Waals surface area contributed by atoms with Crippen LogP contribution < -0.4 is 10.6 Å². The molecule has 0 aliphatic carbocycles. The Morgan fingerprint density at radius 1 is 1.27 bits per heavy atom. The molecule has 2 N–H and O–H groups in total. The molecule has 8 heteroatoms. The number of hydrogen-bond donors (Lipinski definition) is 2. The molecule has 0 saturated carbocycles. The first kappa shape index (κ1) is 18.9. The summed E-state index contributed by atoms with van der Waals surface area (Å²) in [6.07, 6.45) is 0.454. The predicted octanol–water partition coefficient (Wildman–Crippen LogP) is -0.144. The molecule has 1 rings (SSSR count). The molecule has 0 aromatic rings. The monoisotopic (exact) mass is 334 g/mol. The maximum Gasteiger partial charge on any atom is 0.310 e. The van der Waals surface area contributed by atoms with E-state index >= 15 is 0 Å². The zero-order valence-corrected chi connectivity index (χ0v) is 14.4. The Morgan fingerprint density at radius 2 is 1.91 bits per heavy atom. The smallest absolute Gasteiger partial charge is 0.310 e. The first-order chi connectivity index (χ1) is 10.2. The van der Waals surface area contributed by atoms with E-state index in [1.165, 1.54) is 0 Å². The van der Waals surface area contributed by atoms with Crippen molar-refractivity contribution in [1.82, 2.24) is 10.6 Å². The summed E-state index contributed by atoms with van der Waals surface area (Å²) in [7, 11) is -3.02. The second-order valence-corrected chi connectivity index (χ2v) is 8.06. The van der Waals surface area contributed by atoms with Crippen LogP contribution in [0.3, 0.4) is 0 Å². The van der Waals surface area contributed by atoms with Gasteiger partial charge in [-0.3, -0.25) is 9.59 Å². The number of amides is 1. The first-order valence-electron chi connectivity index (χ1n) is 7.59. The molecule has 0 bridgehead atoms. The van der Waals surface area contributed by atoms with Crippen molar-refractivity contribution in [3.63, 3.8) is 0 Å². The van der Waals surface area contributed by atoms with Gasteiger partial charge in [0.1, 0.15) is 0 Å². The summed E-state index contributed by atoms with van der Waals surface area (Å²) < 4.78 is 27.7. The van der Waals surface area contributed by atoms with Crippen LogP contribution in [0.2, 0.25) is 0 Å². The van der Waals surface area contributed by atoms with Gasteiger partial charge < -0.3 is 15.4 Å². The maximum absolute atomic E-state index is 12.1. The summed E-state index contributed by atoms with van der Waals surface area (Å²) in [5.41, 5.74) is 0. The van der Waals surface area contributed by atoms with E-state index in [1.807, 2.05) is 6.92 Å². The third kappa shape index (κ3) is 5.57. The molecule has 1 amide bonds. The average Bonchev–Trinajstić information content (AvgIpc) is 2.76. The molecule has 0 aromatic heterocycles. The molecular formula is C14H26N2O5S. The molecule has 1 saturated heterocycles. The molecule has 0 spiro atoms. The van der Waals surface area contributed by atoms with Gasteiger partial charge in [0.2, 0.25) is 5.91 Å². The lowest BCUT2D eigenvalue weighted by atomic mass is 10.0. The first-order valence-corrected chi connectivity index (χ1v) is 9.42. The van der Waals surface area contributed by atoms with E-state index in [1.54, 1.807) is 20.8 Å². The van der Waals surface area contributed by atoms with Gasteiger partial charge in [-0.2, -0.15) is 0 Å². The zero-order valence-electron chi connectivity index (χ0n) is 13.6. The number of rotatable bonds is 7. The Hall–Kier alpha value is -1.15. The van der Waals surface area contributed by atoms with Crippen molar-refractivity contribution in [1.29, 1.82) is 0 Å². The van der Waals surface area contributed by atoms with Crippen LogP contribution in [0.15, 0.2) is 0 Å². The van der Waals surface area contributed by atoms with Crippen molar-refractivity contribution < 1.29 is 22.7 Å². The number of esters is 1. The number of carbonyl (C=O) groups excluding carboxylic acids is 2. The van der Waals surface area contributed by atoms with Gasteiger partial charge in [0.05, 0.1) is 30.1 Å². The van der Waals surface area contributed by atoms with Gasteiger partial charge in [-0.1, -0.05) is 6.92 Å². The summed E-state index contributed by atoms with van der Waals surface area (Å²) in [6.45, 7) is 7.30. The molecule has 1 aliphatic heterocycles. The fourth-order valence-corrected chi connectivity index (χ4v) is 4.00. The molecule has 1 heterocycles. The van der Waals surface area contributed by atoms with E-state index in [0.717, 1.165) is 0 Å². The molecule has 1 fully saturated rings. The molecular weight excluding hydrogens is 308 g/mol. The van der Waals surface area contributed by atoms with E-state index < -0.39 is 15.9 Å². The fourth-order valence-electron chi connectivity index (χ4n) is 2.33. The fraction of sp³-hybridized carbons (Fsp3) is 0.857. The van der Waals surface area contributed by atoms with Gasteiger partial charge in [-0.15, -0.1) is 0 Å². The maximum atomic E-state index is 12.1. The topological polar surface area (TPSA) is 102 Å². The van der Waals surface area contributed by atoms with E-state index in [9.17, 15) is 18.0 Å². The van der Waals surface area contributed by atoms with Gasteiger partial charge in [0.25, 0.3) is 0 Å². The van der Waals surface area contributed by atoms with Gasteiger partial charge in [-0.05, 0) is 27.2 Å². The Balaban J connectivity index is 2.45. The van der Waals surface area contributed by atoms with Gasteiger partial charge in [0, 0.05) is 12.1 Å². The van der Waals surface area contributed by atoms with Crippen LogP contribution in [0.25, 0.3) is 0 Å². The second kappa shape index (κ2) is 7.92. The summed E-state index contributed by atoms with van der Waals surface area (Å²) in [5.74, 6) is -0.819. The lowest BCUT2D eigenvalue weighted by molar-refractivity contribution is -0.148. The number of sulfone groups is 1. The highest BCUT2D eigenvalue weighted by Crippen LogP contribution is 2.12. The molecule has 4 atom stereocenters. The normalized spacial score (nSPS) is 24.3. The molecule has 0 unspecified atom stereocenters. The van der Waals surface area contributed by atoms with Crippen LogP contribution in [0.4, 0.5) is 0 Å². The molecule has 0 aromatic carbocycles. The zero-order chi connectivity index (χ0) is 16.9. The average molecular weight is 334 g/mol. The minimum absolute atomic E-state index is 0.000240. The summed E-state index contributed by atoms with van der Waals surface area (Å²) in [5, 5.41) is 5.79. The molecule has 7 nitrogen and oxygen atoms in total. The van der Waals surface area contributed by atoms with Crippen LogP contribution in [0.1, 0.15) is 34.1 Å². The minimum Gasteiger partial charge on any atom is -0.466 e. The van der Waals surface area contributed by atoms with Crippen molar-refractivity contribution in [3.8, 4) is 0 Å². The van der Waals surface area contributed by atoms with Gasteiger partial charge >= 0.3 is 5.97 Å². The third-order valence-electron chi connectivity index (χ3n) is 3.89. The highest BCUT2D eigenvalue weighted by Gasteiger charge is 2.31. The van der Waals surface area contributed by atoms with Crippen LogP contribution in [-0.4, -0.2) is 56.5 Å². The largest absolute Gasteiger partial charge is 0.466 e. The van der Waals surface area contributed by atoms with Gasteiger partial charge in [0.15, 0.2) is 9.84 Å². The Morgan fingerprint density at radius 3 is 2.41 bits per heavy atom. The summed E-state index contributed by atoms with van der Waals surface area (Å²) >= 11 is 0. The number of nitrogens with one attached hydrogen (secondary N) is 2. The van der Waals surface area contributed by atoms with Crippen molar-refractivity contribution in [2.45, 2.75) is 52.2 Å². The van der Waals surface area contributed by atoms with Crippen LogP contribution >= 0.6 is 0 Å². The number of ether oxygens (including phenoxy) is 1. The van der Waals surface area contributed by atoms with E-state index in [4.69, 9.17) is 4.74 Å². The minimum atomic E-state index is -3.02. The Labute approximate surface area is 132 Å². The summed E-state index contributed by atoms with van der Waals surface area (Å²) in [6, 6.07) is -1.07. The molecule has 128 valence electrons. The summed E-state index contributed by atoms with van der Waals surface area (Å²) in [4.78, 5) is 23.7. The Kier molecular flexibility index (Phi) is 6.80. The molecule has 22 heavy (non-hydrogen) atoms. The highest BCUT2D eigenvalue weighted by molar-refractivity contribution is 7.91. The second-order valence-electron chi connectivity index (χ2n) is 5.83. The number of hydrogen-bond acceptors (Lipinski definition) is 6. The van der Waals surface area contributed by atoms with Crippen molar-refractivity contribution in [2.24, 2.45) is 5.92 Å². The van der Waals surface area contributed by atoms with Crippen molar-refractivity contribution in [2.75, 3.05) is 18.1 Å². The van der Waals surface area contributed by atoms with E-state index in [-0.39, 0.29) is 41.4 Å². The quantitative estimate of drug-likeness (QED) is 0.628. The third-order valence-corrected chi connectivity index (χ3v) is 5.66. The highest BCUT2D eigenvalue weighted by atomic mass is 32.2. The predicted molar refractivity (Wildman–Crippen MR) is 83.1 cm³/mol. The SMILES string of the molecule is CCOC(=O)[C@H](C)[C@H](C)N[C@H](C)C(=O)N[C@H]1CCS(=O)(=O)C1. The standard InChI is InChI=1S/C14H26N2O5S/c1-5-21-14(18)9(2)10(3)15-11(4)13(17)16-12-6-7-22(19,20)8-12/h9-12,15H,5-8H2,1-4H3,(H,16,17)/t9-,10+,11-,12+/m1/s1. The van der Waals surface area contributed by atoms with Crippen LogP contribution in [0.5, 0.6) is 0 Å². The molecule has 1 aliphatic rings. The molecule has 0 radical (unpaired) electrons. The lowest BCUT2D eigenvalue weighted by Crippen LogP contribution is -2.51. The van der Waals surface area contributed by atoms with Crippen molar-refractivity contribution >= 4 is 21.7 Å². The lowest BCUT2D eigenvalue weighted by Gasteiger charge is -2.24. The van der Waals surface area contributed by atoms with Crippen LogP contribution in [-0.2, 0) is 24.2 Å². The Bertz CT molecular complexity index is 505. The van der Waals surface area contributed by atoms with Gasteiger partial charge in [-0.25, -0.2) is 8.42 Å². The van der Waals surface area contributed by atoms with Crippen LogP contribution in [0, 0.1) is 5.92 Å². The van der Waals surface area contributed by atoms with Crippen molar-refractivity contribution in [3.05, 3.63) is 0 Å². The van der Waals surface area contributed by atoms with E-state index in [2.05, 4.69) is 10.6 Å². The van der Waals surface area contributed by atoms with E-state index in [0.29, 0.717) is 13.0 Å².